The molecule has 0 saturated heterocycles. The van der Waals surface area contributed by atoms with Gasteiger partial charge in [0.15, 0.2) is 0 Å². The topological polar surface area (TPSA) is 15.8 Å². The SMILES string of the molecule is CCC(CC)c1c[nH]c2c(C)cccc12. The molecule has 1 nitrogen and oxygen atoms in total. The number of rotatable bonds is 3. The molecular formula is C14H19N. The minimum Gasteiger partial charge on any atom is -0.361 e. The van der Waals surface area contributed by atoms with E-state index in [-0.39, 0.29) is 0 Å². The number of H-pyrrole nitrogens is 1. The molecule has 0 aliphatic carbocycles. The van der Waals surface area contributed by atoms with Crippen molar-refractivity contribution >= 4 is 10.9 Å². The lowest BCUT2D eigenvalue weighted by atomic mass is 9.93. The fourth-order valence-electron chi connectivity index (χ4n) is 2.39. The van der Waals surface area contributed by atoms with Gasteiger partial charge >= 0.3 is 0 Å². The van der Waals surface area contributed by atoms with Crippen LogP contribution in [0.5, 0.6) is 0 Å². The molecule has 80 valence electrons. The molecule has 0 spiro atoms. The summed E-state index contributed by atoms with van der Waals surface area (Å²) in [6.07, 6.45) is 4.63. The van der Waals surface area contributed by atoms with Gasteiger partial charge in [-0.2, -0.15) is 0 Å². The average molecular weight is 201 g/mol. The Hall–Kier alpha value is -1.24. The number of aryl methyl sites for hydroxylation is 1. The number of hydrogen-bond acceptors (Lipinski definition) is 0. The number of aromatic nitrogens is 1. The van der Waals surface area contributed by atoms with E-state index >= 15 is 0 Å². The Kier molecular flexibility index (Phi) is 2.81. The Morgan fingerprint density at radius 3 is 2.60 bits per heavy atom. The van der Waals surface area contributed by atoms with Crippen LogP contribution in [0.15, 0.2) is 24.4 Å². The summed E-state index contributed by atoms with van der Waals surface area (Å²) in [5, 5.41) is 1.41. The third-order valence-electron chi connectivity index (χ3n) is 3.38. The van der Waals surface area contributed by atoms with Crippen LogP contribution in [-0.4, -0.2) is 4.98 Å². The third-order valence-corrected chi connectivity index (χ3v) is 3.38. The summed E-state index contributed by atoms with van der Waals surface area (Å²) in [5.74, 6) is 0.695. The van der Waals surface area contributed by atoms with E-state index in [0.717, 1.165) is 0 Å². The maximum absolute atomic E-state index is 3.41. The Morgan fingerprint density at radius 1 is 1.20 bits per heavy atom. The first kappa shape index (κ1) is 10.3. The zero-order valence-corrected chi connectivity index (χ0v) is 9.80. The van der Waals surface area contributed by atoms with Gasteiger partial charge in [0.05, 0.1) is 0 Å². The Balaban J connectivity index is 2.58. The quantitative estimate of drug-likeness (QED) is 0.758. The second-order valence-electron chi connectivity index (χ2n) is 4.25. The molecule has 1 aromatic heterocycles. The molecule has 0 radical (unpaired) electrons. The van der Waals surface area contributed by atoms with Crippen molar-refractivity contribution in [1.82, 2.24) is 4.98 Å². The molecule has 1 heteroatoms. The van der Waals surface area contributed by atoms with Crippen LogP contribution in [0.1, 0.15) is 43.7 Å². The summed E-state index contributed by atoms with van der Waals surface area (Å²) >= 11 is 0. The summed E-state index contributed by atoms with van der Waals surface area (Å²) in [4.78, 5) is 3.41. The van der Waals surface area contributed by atoms with E-state index in [0.29, 0.717) is 5.92 Å². The predicted molar refractivity (Wildman–Crippen MR) is 66.4 cm³/mol. The summed E-state index contributed by atoms with van der Waals surface area (Å²) in [7, 11) is 0. The Bertz CT molecular complexity index is 449. The zero-order chi connectivity index (χ0) is 10.8. The maximum Gasteiger partial charge on any atom is 0.0486 e. The van der Waals surface area contributed by atoms with Gasteiger partial charge in [-0.1, -0.05) is 32.0 Å². The normalized spacial score (nSPS) is 11.5. The van der Waals surface area contributed by atoms with Gasteiger partial charge in [0, 0.05) is 17.1 Å². The first-order chi connectivity index (χ1) is 7.27. The second kappa shape index (κ2) is 4.09. The Morgan fingerprint density at radius 2 is 1.93 bits per heavy atom. The van der Waals surface area contributed by atoms with Gasteiger partial charge in [0.25, 0.3) is 0 Å². The summed E-state index contributed by atoms with van der Waals surface area (Å²) in [5.41, 5.74) is 4.13. The third kappa shape index (κ3) is 1.67. The lowest BCUT2D eigenvalue weighted by Gasteiger charge is -2.10. The average Bonchev–Trinajstić information content (AvgIpc) is 2.66. The van der Waals surface area contributed by atoms with Crippen LogP contribution in [0.2, 0.25) is 0 Å². The molecule has 0 aliphatic heterocycles. The molecule has 0 fully saturated rings. The molecule has 0 amide bonds. The van der Waals surface area contributed by atoms with Crippen LogP contribution in [0, 0.1) is 6.92 Å². The number of fused-ring (bicyclic) bond motifs is 1. The maximum atomic E-state index is 3.41. The van der Waals surface area contributed by atoms with E-state index < -0.39 is 0 Å². The lowest BCUT2D eigenvalue weighted by molar-refractivity contribution is 0.646. The van der Waals surface area contributed by atoms with Crippen molar-refractivity contribution in [3.63, 3.8) is 0 Å². The van der Waals surface area contributed by atoms with Gasteiger partial charge in [-0.3, -0.25) is 0 Å². The summed E-state index contributed by atoms with van der Waals surface area (Å²) < 4.78 is 0. The van der Waals surface area contributed by atoms with Crippen LogP contribution in [0.3, 0.4) is 0 Å². The van der Waals surface area contributed by atoms with E-state index in [1.54, 1.807) is 0 Å². The standard InChI is InChI=1S/C14H19N/c1-4-11(5-2)13-9-15-14-10(3)7-6-8-12(13)14/h6-9,11,15H,4-5H2,1-3H3. The molecule has 0 saturated carbocycles. The largest absolute Gasteiger partial charge is 0.361 e. The molecule has 0 aliphatic rings. The lowest BCUT2D eigenvalue weighted by Crippen LogP contribution is -1.93. The number of nitrogens with one attached hydrogen (secondary N) is 1. The van der Waals surface area contributed by atoms with Crippen LogP contribution < -0.4 is 0 Å². The fourth-order valence-corrected chi connectivity index (χ4v) is 2.39. The smallest absolute Gasteiger partial charge is 0.0486 e. The predicted octanol–water partition coefficient (Wildman–Crippen LogP) is 4.38. The molecular weight excluding hydrogens is 182 g/mol. The van der Waals surface area contributed by atoms with Crippen LogP contribution in [-0.2, 0) is 0 Å². The first-order valence-electron chi connectivity index (χ1n) is 5.84. The van der Waals surface area contributed by atoms with E-state index in [1.165, 1.54) is 34.9 Å². The zero-order valence-electron chi connectivity index (χ0n) is 9.80. The molecule has 2 rings (SSSR count). The van der Waals surface area contributed by atoms with Gasteiger partial charge in [-0.05, 0) is 36.8 Å². The van der Waals surface area contributed by atoms with E-state index in [4.69, 9.17) is 0 Å². The van der Waals surface area contributed by atoms with E-state index in [9.17, 15) is 0 Å². The van der Waals surface area contributed by atoms with Crippen molar-refractivity contribution in [2.75, 3.05) is 0 Å². The number of hydrogen-bond donors (Lipinski definition) is 1. The molecule has 15 heavy (non-hydrogen) atoms. The van der Waals surface area contributed by atoms with Crippen molar-refractivity contribution < 1.29 is 0 Å². The number of para-hydroxylation sites is 1. The molecule has 0 bridgehead atoms. The highest BCUT2D eigenvalue weighted by atomic mass is 14.7. The van der Waals surface area contributed by atoms with Gasteiger partial charge in [-0.15, -0.1) is 0 Å². The van der Waals surface area contributed by atoms with Crippen LogP contribution in [0.25, 0.3) is 10.9 Å². The molecule has 1 N–H and O–H groups in total. The molecule has 0 atom stereocenters. The van der Waals surface area contributed by atoms with Gasteiger partial charge in [0.2, 0.25) is 0 Å². The molecule has 0 unspecified atom stereocenters. The van der Waals surface area contributed by atoms with Crippen molar-refractivity contribution in [3.8, 4) is 0 Å². The number of benzene rings is 1. The summed E-state index contributed by atoms with van der Waals surface area (Å²) in [6, 6.07) is 6.54. The monoisotopic (exact) mass is 201 g/mol. The number of aromatic amines is 1. The molecule has 1 heterocycles. The van der Waals surface area contributed by atoms with Crippen molar-refractivity contribution in [1.29, 1.82) is 0 Å². The van der Waals surface area contributed by atoms with Crippen LogP contribution >= 0.6 is 0 Å². The van der Waals surface area contributed by atoms with Crippen molar-refractivity contribution in [3.05, 3.63) is 35.5 Å². The van der Waals surface area contributed by atoms with Gasteiger partial charge < -0.3 is 4.98 Å². The molecule has 1 aromatic carbocycles. The summed E-state index contributed by atoms with van der Waals surface area (Å²) in [6.45, 7) is 6.70. The van der Waals surface area contributed by atoms with Crippen molar-refractivity contribution in [2.45, 2.75) is 39.5 Å². The fraction of sp³-hybridized carbons (Fsp3) is 0.429. The minimum absolute atomic E-state index is 0.695. The Labute approximate surface area is 91.5 Å². The highest BCUT2D eigenvalue weighted by Crippen LogP contribution is 2.30. The van der Waals surface area contributed by atoms with E-state index in [2.05, 4.69) is 50.2 Å². The van der Waals surface area contributed by atoms with Crippen molar-refractivity contribution in [2.24, 2.45) is 0 Å². The highest BCUT2D eigenvalue weighted by molar-refractivity contribution is 5.86. The van der Waals surface area contributed by atoms with Crippen LogP contribution in [0.4, 0.5) is 0 Å². The minimum atomic E-state index is 0.695. The van der Waals surface area contributed by atoms with E-state index in [1.807, 2.05) is 0 Å². The highest BCUT2D eigenvalue weighted by Gasteiger charge is 2.12. The first-order valence-corrected chi connectivity index (χ1v) is 5.84. The molecule has 2 aromatic rings. The second-order valence-corrected chi connectivity index (χ2v) is 4.25. The van der Waals surface area contributed by atoms with Gasteiger partial charge in [0.1, 0.15) is 0 Å². The van der Waals surface area contributed by atoms with Gasteiger partial charge in [-0.25, -0.2) is 0 Å².